The van der Waals surface area contributed by atoms with E-state index in [-0.39, 0.29) is 5.71 Å². The van der Waals surface area contributed by atoms with Crippen LogP contribution in [0, 0.1) is 0 Å². The van der Waals surface area contributed by atoms with Gasteiger partial charge in [-0.15, -0.1) is 0 Å². The third kappa shape index (κ3) is 10.4. The molecule has 0 aliphatic heterocycles. The summed E-state index contributed by atoms with van der Waals surface area (Å²) in [7, 11) is 0. The number of nitrogens with zero attached hydrogens (tertiary/aromatic N) is 1. The van der Waals surface area contributed by atoms with E-state index >= 15 is 0 Å². The summed E-state index contributed by atoms with van der Waals surface area (Å²) in [6, 6.07) is -0.537. The molecule has 0 aromatic heterocycles. The first-order chi connectivity index (χ1) is 9.45. The van der Waals surface area contributed by atoms with Gasteiger partial charge in [-0.2, -0.15) is 0 Å². The van der Waals surface area contributed by atoms with Gasteiger partial charge in [-0.05, 0) is 13.8 Å². The maximum absolute atomic E-state index is 10.5. The van der Waals surface area contributed by atoms with Crippen LogP contribution in [0.4, 0.5) is 0 Å². The van der Waals surface area contributed by atoms with E-state index < -0.39 is 18.0 Å². The summed E-state index contributed by atoms with van der Waals surface area (Å²) in [6.45, 7) is 6.92. The van der Waals surface area contributed by atoms with Crippen molar-refractivity contribution in [3.8, 4) is 0 Å². The Bertz CT molecular complexity index is 333. The minimum atomic E-state index is -0.991. The molecule has 0 amide bonds. The zero-order chi connectivity index (χ0) is 15.4. The monoisotopic (exact) mass is 288 g/mol. The number of carboxylic acids is 2. The van der Waals surface area contributed by atoms with E-state index in [0.29, 0.717) is 26.2 Å². The summed E-state index contributed by atoms with van der Waals surface area (Å²) in [5, 5.41) is 26.3. The molecule has 0 rings (SSSR count). The number of hydrogen-bond donors (Lipinski definition) is 5. The summed E-state index contributed by atoms with van der Waals surface area (Å²) in [6.07, 6.45) is 0. The van der Waals surface area contributed by atoms with Crippen molar-refractivity contribution in [2.24, 2.45) is 4.99 Å². The van der Waals surface area contributed by atoms with Crippen LogP contribution in [0.25, 0.3) is 0 Å². The number of carbonyl (C=O) groups is 2. The molecule has 8 nitrogen and oxygen atoms in total. The van der Waals surface area contributed by atoms with Gasteiger partial charge in [0.1, 0.15) is 11.8 Å². The molecule has 0 unspecified atom stereocenters. The van der Waals surface area contributed by atoms with Crippen molar-refractivity contribution < 1.29 is 19.8 Å². The van der Waals surface area contributed by atoms with Crippen LogP contribution >= 0.6 is 0 Å². The molecule has 0 saturated carbocycles. The minimum absolute atomic E-state index is 0.114. The highest BCUT2D eigenvalue weighted by Crippen LogP contribution is 1.79. The smallest absolute Gasteiger partial charge is 0.349 e. The van der Waals surface area contributed by atoms with E-state index in [9.17, 15) is 9.59 Å². The summed E-state index contributed by atoms with van der Waals surface area (Å²) < 4.78 is 0. The topological polar surface area (TPSA) is 123 Å². The highest BCUT2D eigenvalue weighted by molar-refractivity contribution is 6.34. The predicted molar refractivity (Wildman–Crippen MR) is 76.5 cm³/mol. The third-order valence-electron chi connectivity index (χ3n) is 2.55. The maximum Gasteiger partial charge on any atom is 0.349 e. The molecule has 0 spiro atoms. The lowest BCUT2D eigenvalue weighted by atomic mass is 10.3. The fourth-order valence-electron chi connectivity index (χ4n) is 1.26. The van der Waals surface area contributed by atoms with Crippen LogP contribution in [0.2, 0.25) is 0 Å². The zero-order valence-corrected chi connectivity index (χ0v) is 12.0. The van der Waals surface area contributed by atoms with Gasteiger partial charge in [-0.3, -0.25) is 9.79 Å². The first kappa shape index (κ1) is 18.5. The molecule has 0 aliphatic carbocycles. The van der Waals surface area contributed by atoms with Crippen molar-refractivity contribution in [1.82, 2.24) is 16.0 Å². The Labute approximate surface area is 118 Å². The highest BCUT2D eigenvalue weighted by Gasteiger charge is 2.07. The number of rotatable bonds is 12. The lowest BCUT2D eigenvalue weighted by Crippen LogP contribution is -2.39. The minimum Gasteiger partial charge on any atom is -0.480 e. The van der Waals surface area contributed by atoms with E-state index in [0.717, 1.165) is 13.1 Å². The van der Waals surface area contributed by atoms with E-state index in [1.807, 2.05) is 0 Å². The molecular formula is C12H24N4O4. The van der Waals surface area contributed by atoms with Crippen molar-refractivity contribution in [3.05, 3.63) is 0 Å². The van der Waals surface area contributed by atoms with Gasteiger partial charge in [0.05, 0.1) is 6.54 Å². The Hall–Kier alpha value is -1.51. The molecule has 0 heterocycles. The highest BCUT2D eigenvalue weighted by atomic mass is 16.4. The van der Waals surface area contributed by atoms with Gasteiger partial charge in [-0.25, -0.2) is 4.79 Å². The SMILES string of the molecule is CC(=NCCNCCNCCN[C@@H](C)C(=O)O)C(=O)O. The Balaban J connectivity index is 3.31. The number of hydrogen-bond acceptors (Lipinski definition) is 6. The van der Waals surface area contributed by atoms with Crippen LogP contribution in [-0.2, 0) is 9.59 Å². The van der Waals surface area contributed by atoms with E-state index in [2.05, 4.69) is 20.9 Å². The van der Waals surface area contributed by atoms with Crippen LogP contribution in [0.5, 0.6) is 0 Å². The largest absolute Gasteiger partial charge is 0.480 e. The lowest BCUT2D eigenvalue weighted by molar-refractivity contribution is -0.139. The molecule has 0 fully saturated rings. The quantitative estimate of drug-likeness (QED) is 0.225. The second kappa shape index (κ2) is 11.3. The molecule has 5 N–H and O–H groups in total. The number of nitrogens with one attached hydrogen (secondary N) is 3. The molecule has 8 heteroatoms. The van der Waals surface area contributed by atoms with Gasteiger partial charge in [0.15, 0.2) is 0 Å². The van der Waals surface area contributed by atoms with Crippen LogP contribution in [0.3, 0.4) is 0 Å². The second-order valence-corrected chi connectivity index (χ2v) is 4.29. The average Bonchev–Trinajstić information content (AvgIpc) is 2.39. The van der Waals surface area contributed by atoms with E-state index in [1.54, 1.807) is 6.92 Å². The van der Waals surface area contributed by atoms with Crippen molar-refractivity contribution in [2.45, 2.75) is 19.9 Å². The molecule has 0 aromatic carbocycles. The molecule has 0 saturated heterocycles. The molecule has 20 heavy (non-hydrogen) atoms. The summed E-state index contributed by atoms with van der Waals surface area (Å²) in [5.41, 5.74) is 0.114. The second-order valence-electron chi connectivity index (χ2n) is 4.29. The van der Waals surface area contributed by atoms with Crippen LogP contribution < -0.4 is 16.0 Å². The summed E-state index contributed by atoms with van der Waals surface area (Å²) >= 11 is 0. The maximum atomic E-state index is 10.5. The Morgan fingerprint density at radius 2 is 1.60 bits per heavy atom. The number of carboxylic acid groups (broad SMARTS) is 2. The van der Waals surface area contributed by atoms with Gasteiger partial charge in [-0.1, -0.05) is 0 Å². The lowest BCUT2D eigenvalue weighted by Gasteiger charge is -2.09. The van der Waals surface area contributed by atoms with E-state index in [1.165, 1.54) is 6.92 Å². The molecule has 0 radical (unpaired) electrons. The van der Waals surface area contributed by atoms with E-state index in [4.69, 9.17) is 10.2 Å². The molecule has 0 bridgehead atoms. The Morgan fingerprint density at radius 1 is 1.05 bits per heavy atom. The fraction of sp³-hybridized carbons (Fsp3) is 0.750. The van der Waals surface area contributed by atoms with Gasteiger partial charge in [0.2, 0.25) is 0 Å². The van der Waals surface area contributed by atoms with Crippen LogP contribution in [0.1, 0.15) is 13.8 Å². The zero-order valence-electron chi connectivity index (χ0n) is 12.0. The van der Waals surface area contributed by atoms with Crippen molar-refractivity contribution in [1.29, 1.82) is 0 Å². The molecular weight excluding hydrogens is 264 g/mol. The molecule has 116 valence electrons. The Kier molecular flexibility index (Phi) is 10.5. The molecule has 1 atom stereocenters. The number of aliphatic imine (C=N–C) groups is 1. The number of aliphatic carboxylic acids is 2. The molecule has 0 aromatic rings. The fourth-order valence-corrected chi connectivity index (χ4v) is 1.26. The molecule has 0 aliphatic rings. The van der Waals surface area contributed by atoms with Gasteiger partial charge in [0, 0.05) is 32.7 Å². The van der Waals surface area contributed by atoms with Crippen molar-refractivity contribution in [3.63, 3.8) is 0 Å². The van der Waals surface area contributed by atoms with Crippen LogP contribution in [0.15, 0.2) is 4.99 Å². The van der Waals surface area contributed by atoms with Crippen molar-refractivity contribution in [2.75, 3.05) is 39.3 Å². The van der Waals surface area contributed by atoms with Gasteiger partial charge in [0.25, 0.3) is 0 Å². The van der Waals surface area contributed by atoms with Gasteiger partial charge < -0.3 is 26.2 Å². The normalized spacial score (nSPS) is 13.2. The summed E-state index contributed by atoms with van der Waals surface area (Å²) in [4.78, 5) is 24.8. The average molecular weight is 288 g/mol. The standard InChI is InChI=1S/C12H24N4O4/c1-9(11(17)18)15-7-5-13-3-4-14-6-8-16-10(2)12(19)20/h9,13-15H,3-8H2,1-2H3,(H,17,18)(H,19,20)/t9-/m0/s1. The summed E-state index contributed by atoms with van der Waals surface area (Å²) in [5.74, 6) is -1.85. The third-order valence-corrected chi connectivity index (χ3v) is 2.55. The van der Waals surface area contributed by atoms with Crippen molar-refractivity contribution >= 4 is 17.7 Å². The van der Waals surface area contributed by atoms with Gasteiger partial charge >= 0.3 is 11.9 Å². The van der Waals surface area contributed by atoms with Crippen LogP contribution in [-0.4, -0.2) is 73.2 Å². The first-order valence-corrected chi connectivity index (χ1v) is 6.57. The predicted octanol–water partition coefficient (Wildman–Crippen LogP) is -1.23. The Morgan fingerprint density at radius 3 is 2.15 bits per heavy atom. The first-order valence-electron chi connectivity index (χ1n) is 6.57.